The number of benzene rings is 2. The predicted molar refractivity (Wildman–Crippen MR) is 133 cm³/mol. The van der Waals surface area contributed by atoms with Crippen LogP contribution in [-0.2, 0) is 20.1 Å². The van der Waals surface area contributed by atoms with Gasteiger partial charge in [0, 0.05) is 27.2 Å². The number of rotatable bonds is 6. The summed E-state index contributed by atoms with van der Waals surface area (Å²) in [6.07, 6.45) is 0. The van der Waals surface area contributed by atoms with Crippen LogP contribution in [0.1, 0.15) is 18.1 Å². The van der Waals surface area contributed by atoms with Crippen molar-refractivity contribution in [3.8, 4) is 17.9 Å². The van der Waals surface area contributed by atoms with Crippen LogP contribution >= 0.6 is 0 Å². The van der Waals surface area contributed by atoms with E-state index in [1.807, 2.05) is 36.2 Å². The minimum absolute atomic E-state index is 0.0618. The zero-order valence-corrected chi connectivity index (χ0v) is 19.4. The minimum Gasteiger partial charge on any atom is -0.344 e. The van der Waals surface area contributed by atoms with E-state index in [1.54, 1.807) is 30.7 Å². The van der Waals surface area contributed by atoms with Gasteiger partial charge < -0.3 is 10.6 Å². The predicted octanol–water partition coefficient (Wildman–Crippen LogP) is 1.39. The second kappa shape index (κ2) is 9.26. The molecule has 34 heavy (non-hydrogen) atoms. The van der Waals surface area contributed by atoms with Gasteiger partial charge in [-0.2, -0.15) is 10.2 Å². The Bertz CT molecular complexity index is 1620. The third kappa shape index (κ3) is 3.72. The van der Waals surface area contributed by atoms with E-state index in [2.05, 4.69) is 22.9 Å². The molecule has 0 saturated heterocycles. The minimum atomic E-state index is -0.467. The van der Waals surface area contributed by atoms with Gasteiger partial charge in [0.1, 0.15) is 0 Å². The highest BCUT2D eigenvalue weighted by Gasteiger charge is 2.22. The summed E-state index contributed by atoms with van der Waals surface area (Å²) in [4.78, 5) is 33.4. The lowest BCUT2D eigenvalue weighted by atomic mass is 10.00. The molecule has 0 saturated carbocycles. The summed E-state index contributed by atoms with van der Waals surface area (Å²) in [5.74, 6) is 6.38. The third-order valence-electron chi connectivity index (χ3n) is 5.90. The molecule has 0 unspecified atom stereocenters. The number of hydrogen-bond donors (Lipinski definition) is 1. The van der Waals surface area contributed by atoms with E-state index in [0.717, 1.165) is 16.3 Å². The Labute approximate surface area is 196 Å². The summed E-state index contributed by atoms with van der Waals surface area (Å²) >= 11 is 0. The molecule has 0 aliphatic carbocycles. The summed E-state index contributed by atoms with van der Waals surface area (Å²) in [6.45, 7) is 2.99. The van der Waals surface area contributed by atoms with Crippen molar-refractivity contribution in [1.82, 2.24) is 18.7 Å². The van der Waals surface area contributed by atoms with Crippen molar-refractivity contribution in [3.05, 3.63) is 68.4 Å². The van der Waals surface area contributed by atoms with Crippen LogP contribution in [0.15, 0.2) is 46.0 Å². The lowest BCUT2D eigenvalue weighted by Crippen LogP contribution is -2.40. The van der Waals surface area contributed by atoms with E-state index in [1.165, 1.54) is 9.13 Å². The summed E-state index contributed by atoms with van der Waals surface area (Å²) in [7, 11) is 3.44. The number of fused-ring (bicyclic) bond motifs is 2. The number of hydrogen-bond acceptors (Lipinski definition) is 6. The molecule has 0 bridgehead atoms. The van der Waals surface area contributed by atoms with E-state index in [0.29, 0.717) is 35.8 Å². The molecular weight excluding hydrogens is 430 g/mol. The van der Waals surface area contributed by atoms with Crippen molar-refractivity contribution in [3.63, 3.8) is 0 Å². The maximum absolute atomic E-state index is 13.7. The number of anilines is 1. The molecule has 0 fully saturated rings. The molecular formula is C25H25N7O2. The fourth-order valence-electron chi connectivity index (χ4n) is 4.16. The molecule has 172 valence electrons. The zero-order chi connectivity index (χ0) is 24.4. The van der Waals surface area contributed by atoms with Crippen LogP contribution in [0.3, 0.4) is 0 Å². The lowest BCUT2D eigenvalue weighted by molar-refractivity contribution is 0.656. The molecule has 0 atom stereocenters. The van der Waals surface area contributed by atoms with Gasteiger partial charge in [-0.3, -0.25) is 18.5 Å². The van der Waals surface area contributed by atoms with Crippen molar-refractivity contribution in [1.29, 1.82) is 5.26 Å². The number of aromatic nitrogens is 4. The molecule has 2 heterocycles. The van der Waals surface area contributed by atoms with Gasteiger partial charge in [0.25, 0.3) is 5.56 Å². The Morgan fingerprint density at radius 2 is 1.85 bits per heavy atom. The van der Waals surface area contributed by atoms with Gasteiger partial charge in [-0.1, -0.05) is 36.3 Å². The van der Waals surface area contributed by atoms with Crippen LogP contribution in [0.2, 0.25) is 0 Å². The first-order valence-corrected chi connectivity index (χ1v) is 10.8. The normalized spacial score (nSPS) is 10.8. The first-order valence-electron chi connectivity index (χ1n) is 10.8. The summed E-state index contributed by atoms with van der Waals surface area (Å²) in [5.41, 5.74) is 6.73. The second-order valence-corrected chi connectivity index (χ2v) is 7.97. The SMILES string of the molecule is CC#CCn1c(N(C)CCN)nc2c1c(=O)n(Cc1ccc(C#N)c3ccccc13)c(=O)n2C. The quantitative estimate of drug-likeness (QED) is 0.440. The van der Waals surface area contributed by atoms with Crippen LogP contribution in [0.5, 0.6) is 0 Å². The summed E-state index contributed by atoms with van der Waals surface area (Å²) in [6, 6.07) is 13.2. The maximum atomic E-state index is 13.7. The molecule has 4 rings (SSSR count). The average molecular weight is 456 g/mol. The van der Waals surface area contributed by atoms with Crippen LogP contribution in [-0.4, -0.2) is 38.8 Å². The molecule has 2 aromatic carbocycles. The van der Waals surface area contributed by atoms with Gasteiger partial charge in [0.05, 0.1) is 24.7 Å². The molecule has 9 heteroatoms. The Hall–Kier alpha value is -4.34. The van der Waals surface area contributed by atoms with Crippen LogP contribution in [0, 0.1) is 23.2 Å². The monoisotopic (exact) mass is 455 g/mol. The lowest BCUT2D eigenvalue weighted by Gasteiger charge is -2.17. The molecule has 0 aliphatic heterocycles. The smallest absolute Gasteiger partial charge is 0.332 e. The van der Waals surface area contributed by atoms with E-state index in [9.17, 15) is 14.9 Å². The standard InChI is InChI=1S/C25H25N7O2/c1-4-5-13-31-21-22(28-24(31)29(2)14-12-26)30(3)25(34)32(23(21)33)16-18-11-10-17(15-27)19-8-6-7-9-20(18)19/h6-11H,12-14,16,26H2,1-3H3. The van der Waals surface area contributed by atoms with Crippen molar-refractivity contribution in [2.75, 3.05) is 25.0 Å². The summed E-state index contributed by atoms with van der Waals surface area (Å²) in [5, 5.41) is 11.1. The van der Waals surface area contributed by atoms with Gasteiger partial charge >= 0.3 is 5.69 Å². The highest BCUT2D eigenvalue weighted by atomic mass is 16.2. The van der Waals surface area contributed by atoms with Gasteiger partial charge in [0.15, 0.2) is 11.2 Å². The summed E-state index contributed by atoms with van der Waals surface area (Å²) < 4.78 is 4.33. The van der Waals surface area contributed by atoms with Crippen molar-refractivity contribution in [2.24, 2.45) is 12.8 Å². The molecule has 0 radical (unpaired) electrons. The molecule has 9 nitrogen and oxygen atoms in total. The van der Waals surface area contributed by atoms with Crippen LogP contribution < -0.4 is 21.9 Å². The largest absolute Gasteiger partial charge is 0.344 e. The number of likely N-dealkylation sites (N-methyl/N-ethyl adjacent to an activating group) is 1. The Morgan fingerprint density at radius 3 is 2.53 bits per heavy atom. The highest BCUT2D eigenvalue weighted by Crippen LogP contribution is 2.23. The first kappa shape index (κ1) is 22.8. The van der Waals surface area contributed by atoms with Gasteiger partial charge in [-0.25, -0.2) is 4.79 Å². The molecule has 0 spiro atoms. The number of aryl methyl sites for hydroxylation is 1. The molecule has 2 N–H and O–H groups in total. The van der Waals surface area contributed by atoms with Crippen LogP contribution in [0.25, 0.3) is 21.9 Å². The number of imidazole rings is 1. The number of nitrogens with two attached hydrogens (primary N) is 1. The van der Waals surface area contributed by atoms with E-state index in [-0.39, 0.29) is 13.1 Å². The van der Waals surface area contributed by atoms with Gasteiger partial charge in [-0.15, -0.1) is 5.92 Å². The van der Waals surface area contributed by atoms with Gasteiger partial charge in [-0.05, 0) is 29.3 Å². The van der Waals surface area contributed by atoms with Crippen molar-refractivity contribution in [2.45, 2.75) is 20.0 Å². The first-order chi connectivity index (χ1) is 16.4. The van der Waals surface area contributed by atoms with E-state index < -0.39 is 11.2 Å². The Morgan fingerprint density at radius 1 is 1.12 bits per heavy atom. The fraction of sp³-hybridized carbons (Fsp3) is 0.280. The maximum Gasteiger partial charge on any atom is 0.332 e. The third-order valence-corrected chi connectivity index (χ3v) is 5.90. The Balaban J connectivity index is 1.98. The fourth-order valence-corrected chi connectivity index (χ4v) is 4.16. The number of nitrogens with zero attached hydrogens (tertiary/aromatic N) is 6. The van der Waals surface area contributed by atoms with E-state index >= 15 is 0 Å². The van der Waals surface area contributed by atoms with Crippen molar-refractivity contribution >= 4 is 27.9 Å². The zero-order valence-electron chi connectivity index (χ0n) is 19.4. The van der Waals surface area contributed by atoms with Crippen molar-refractivity contribution < 1.29 is 0 Å². The van der Waals surface area contributed by atoms with E-state index in [4.69, 9.17) is 5.73 Å². The highest BCUT2D eigenvalue weighted by molar-refractivity contribution is 5.90. The topological polar surface area (TPSA) is 115 Å². The van der Waals surface area contributed by atoms with Crippen LogP contribution in [0.4, 0.5) is 5.95 Å². The number of nitriles is 1. The second-order valence-electron chi connectivity index (χ2n) is 7.97. The van der Waals surface area contributed by atoms with Gasteiger partial charge in [0.2, 0.25) is 5.95 Å². The molecule has 0 amide bonds. The molecule has 0 aliphatic rings. The average Bonchev–Trinajstić information content (AvgIpc) is 3.24. The Kier molecular flexibility index (Phi) is 6.22. The molecule has 4 aromatic rings. The molecule has 2 aromatic heterocycles.